The molecule has 11 aromatic carbocycles. The van der Waals surface area contributed by atoms with Gasteiger partial charge in [-0.2, -0.15) is 0 Å². The van der Waals surface area contributed by atoms with Crippen LogP contribution in [0.5, 0.6) is 0 Å². The van der Waals surface area contributed by atoms with Gasteiger partial charge in [0.2, 0.25) is 0 Å². The average molecular weight is 789 g/mol. The van der Waals surface area contributed by atoms with E-state index in [2.05, 4.69) is 252 Å². The predicted octanol–water partition coefficient (Wildman–Crippen LogP) is 16.7. The molecule has 2 nitrogen and oxygen atoms in total. The first-order valence-electron chi connectivity index (χ1n) is 21.3. The Morgan fingerprint density at radius 2 is 0.887 bits per heavy atom. The summed E-state index contributed by atoms with van der Waals surface area (Å²) in [5.74, 6) is 0. The lowest BCUT2D eigenvalue weighted by atomic mass is 9.94. The molecule has 12 rings (SSSR count). The van der Waals surface area contributed by atoms with E-state index in [0.717, 1.165) is 33.9 Å². The van der Waals surface area contributed by atoms with E-state index < -0.39 is 0 Å². The fourth-order valence-electron chi connectivity index (χ4n) is 9.68. The minimum absolute atomic E-state index is 1.09. The molecule has 0 fully saturated rings. The molecule has 0 N–H and O–H groups in total. The van der Waals surface area contributed by atoms with Crippen LogP contribution in [0.15, 0.2) is 243 Å². The molecule has 12 aromatic rings. The Morgan fingerprint density at radius 3 is 1.73 bits per heavy atom. The summed E-state index contributed by atoms with van der Waals surface area (Å²) in [5, 5.41) is 9.90. The van der Waals surface area contributed by atoms with Crippen molar-refractivity contribution in [3.8, 4) is 39.1 Å². The van der Waals surface area contributed by atoms with E-state index in [-0.39, 0.29) is 0 Å². The summed E-state index contributed by atoms with van der Waals surface area (Å²) in [5.41, 5.74) is 14.0. The fourth-order valence-corrected chi connectivity index (χ4v) is 9.68. The summed E-state index contributed by atoms with van der Waals surface area (Å²) in [6.45, 7) is 0. The molecular weight excluding hydrogens is 749 g/mol. The highest BCUT2D eigenvalue weighted by Gasteiger charge is 2.22. The molecule has 1 heterocycles. The summed E-state index contributed by atoms with van der Waals surface area (Å²) in [7, 11) is 0. The van der Waals surface area contributed by atoms with Crippen LogP contribution < -0.4 is 4.90 Å². The molecule has 0 spiro atoms. The molecule has 0 aliphatic carbocycles. The number of hydrogen-bond donors (Lipinski definition) is 0. The van der Waals surface area contributed by atoms with Gasteiger partial charge < -0.3 is 9.47 Å². The quantitative estimate of drug-likeness (QED) is 0.146. The number of nitrogens with zero attached hydrogens (tertiary/aromatic N) is 2. The van der Waals surface area contributed by atoms with Crippen molar-refractivity contribution in [2.45, 2.75) is 0 Å². The van der Waals surface area contributed by atoms with Gasteiger partial charge in [-0.3, -0.25) is 0 Å². The van der Waals surface area contributed by atoms with Gasteiger partial charge in [0, 0.05) is 33.1 Å². The van der Waals surface area contributed by atoms with Crippen molar-refractivity contribution in [3.05, 3.63) is 243 Å². The minimum Gasteiger partial charge on any atom is -0.309 e. The van der Waals surface area contributed by atoms with Crippen LogP contribution in [-0.2, 0) is 0 Å². The topological polar surface area (TPSA) is 8.17 Å². The van der Waals surface area contributed by atoms with Gasteiger partial charge in [0.05, 0.1) is 22.4 Å². The van der Waals surface area contributed by atoms with Gasteiger partial charge in [0.15, 0.2) is 0 Å². The second-order valence-corrected chi connectivity index (χ2v) is 16.1. The number of rotatable bonds is 7. The molecule has 62 heavy (non-hydrogen) atoms. The molecule has 0 aliphatic rings. The zero-order chi connectivity index (χ0) is 41.0. The molecule has 0 saturated heterocycles. The maximum absolute atomic E-state index is 2.47. The van der Waals surface area contributed by atoms with Gasteiger partial charge in [0.1, 0.15) is 0 Å². The molecule has 0 radical (unpaired) electrons. The first-order valence-corrected chi connectivity index (χ1v) is 21.3. The molecule has 0 unspecified atom stereocenters. The van der Waals surface area contributed by atoms with Crippen molar-refractivity contribution in [1.29, 1.82) is 0 Å². The summed E-state index contributed by atoms with van der Waals surface area (Å²) in [4.78, 5) is 2.47. The molecule has 290 valence electrons. The molecule has 2 heteroatoms. The highest BCUT2D eigenvalue weighted by Crippen LogP contribution is 2.47. The van der Waals surface area contributed by atoms with E-state index in [9.17, 15) is 0 Å². The third-order valence-corrected chi connectivity index (χ3v) is 12.5. The standard InChI is InChI=1S/C60H40N2/c1-2-21-48(22-3-1)61-57-30-13-11-27-55(57)60-52(28-15-31-58(60)61)46-20-14-19-45(39-46)51-24-10-12-29-56(51)62(59-40-47-18-6-7-23-50(47)53-25-8-9-26-54(53)59)49-36-34-42(35-37-49)44-33-32-41-16-4-5-17-43(41)38-44/h1-40H. The van der Waals surface area contributed by atoms with Crippen molar-refractivity contribution in [3.63, 3.8) is 0 Å². The van der Waals surface area contributed by atoms with Gasteiger partial charge in [-0.05, 0) is 115 Å². The zero-order valence-corrected chi connectivity index (χ0v) is 34.0. The van der Waals surface area contributed by atoms with Crippen LogP contribution in [0.3, 0.4) is 0 Å². The van der Waals surface area contributed by atoms with Crippen LogP contribution in [0.1, 0.15) is 0 Å². The van der Waals surface area contributed by atoms with Gasteiger partial charge in [0.25, 0.3) is 0 Å². The fraction of sp³-hybridized carbons (Fsp3) is 0. The number of para-hydroxylation sites is 3. The number of anilines is 3. The number of hydrogen-bond acceptors (Lipinski definition) is 1. The van der Waals surface area contributed by atoms with Crippen molar-refractivity contribution in [2.75, 3.05) is 4.90 Å². The first-order chi connectivity index (χ1) is 30.8. The number of aromatic nitrogens is 1. The number of benzene rings is 11. The Bertz CT molecular complexity index is 3640. The molecule has 0 amide bonds. The lowest BCUT2D eigenvalue weighted by molar-refractivity contribution is 1.18. The van der Waals surface area contributed by atoms with Crippen LogP contribution in [0, 0.1) is 0 Å². The molecule has 0 saturated carbocycles. The van der Waals surface area contributed by atoms with E-state index in [0.29, 0.717) is 0 Å². The smallest absolute Gasteiger partial charge is 0.0547 e. The van der Waals surface area contributed by atoms with Crippen LogP contribution in [0.25, 0.3) is 93.2 Å². The van der Waals surface area contributed by atoms with Crippen molar-refractivity contribution in [1.82, 2.24) is 4.57 Å². The van der Waals surface area contributed by atoms with E-state index in [4.69, 9.17) is 0 Å². The number of fused-ring (bicyclic) bond motifs is 7. The largest absolute Gasteiger partial charge is 0.309 e. The Kier molecular flexibility index (Phi) is 8.53. The molecular formula is C60H40N2. The van der Waals surface area contributed by atoms with Gasteiger partial charge in [-0.15, -0.1) is 0 Å². The molecule has 0 bridgehead atoms. The highest BCUT2D eigenvalue weighted by molar-refractivity contribution is 6.17. The third-order valence-electron chi connectivity index (χ3n) is 12.5. The molecule has 1 aromatic heterocycles. The lowest BCUT2D eigenvalue weighted by Crippen LogP contribution is -2.12. The van der Waals surface area contributed by atoms with Crippen molar-refractivity contribution >= 4 is 71.2 Å². The van der Waals surface area contributed by atoms with E-state index in [1.54, 1.807) is 0 Å². The second kappa shape index (κ2) is 14.8. The summed E-state index contributed by atoms with van der Waals surface area (Å²) in [6, 6.07) is 88.6. The van der Waals surface area contributed by atoms with E-state index in [1.165, 1.54) is 76.4 Å². The first kappa shape index (κ1) is 35.7. The van der Waals surface area contributed by atoms with Gasteiger partial charge in [-0.1, -0.05) is 182 Å². The SMILES string of the molecule is c1ccc(-n2c3ccccc3c3c(-c4cccc(-c5ccccc5N(c5ccc(-c6ccc7ccccc7c6)cc5)c5cc6ccccc6c6ccccc56)c4)cccc32)cc1. The van der Waals surface area contributed by atoms with Gasteiger partial charge in [-0.25, -0.2) is 0 Å². The van der Waals surface area contributed by atoms with E-state index in [1.807, 2.05) is 0 Å². The predicted molar refractivity (Wildman–Crippen MR) is 264 cm³/mol. The highest BCUT2D eigenvalue weighted by atomic mass is 15.1. The average Bonchev–Trinajstić information content (AvgIpc) is 3.69. The Morgan fingerprint density at radius 1 is 0.290 bits per heavy atom. The van der Waals surface area contributed by atoms with Crippen LogP contribution in [-0.4, -0.2) is 4.57 Å². The maximum Gasteiger partial charge on any atom is 0.0547 e. The Balaban J connectivity index is 1.05. The van der Waals surface area contributed by atoms with Crippen molar-refractivity contribution < 1.29 is 0 Å². The Labute approximate surface area is 360 Å². The maximum atomic E-state index is 2.47. The molecule has 0 atom stereocenters. The normalized spacial score (nSPS) is 11.5. The minimum atomic E-state index is 1.09. The molecule has 0 aliphatic heterocycles. The summed E-state index contributed by atoms with van der Waals surface area (Å²) >= 11 is 0. The van der Waals surface area contributed by atoms with E-state index >= 15 is 0 Å². The van der Waals surface area contributed by atoms with Crippen LogP contribution >= 0.6 is 0 Å². The monoisotopic (exact) mass is 788 g/mol. The Hall–Kier alpha value is -8.20. The van der Waals surface area contributed by atoms with Crippen LogP contribution in [0.4, 0.5) is 17.1 Å². The van der Waals surface area contributed by atoms with Gasteiger partial charge >= 0.3 is 0 Å². The lowest BCUT2D eigenvalue weighted by Gasteiger charge is -2.30. The zero-order valence-electron chi connectivity index (χ0n) is 34.0. The van der Waals surface area contributed by atoms with Crippen molar-refractivity contribution in [2.24, 2.45) is 0 Å². The summed E-state index contributed by atoms with van der Waals surface area (Å²) in [6.07, 6.45) is 0. The third kappa shape index (κ3) is 5.96. The van der Waals surface area contributed by atoms with Crippen LogP contribution in [0.2, 0.25) is 0 Å². The summed E-state index contributed by atoms with van der Waals surface area (Å²) < 4.78 is 2.39. The second-order valence-electron chi connectivity index (χ2n) is 16.1.